The molecule has 0 spiro atoms. The van der Waals surface area contributed by atoms with Crippen molar-refractivity contribution in [3.8, 4) is 11.3 Å². The molecule has 21 heavy (non-hydrogen) atoms. The van der Waals surface area contributed by atoms with Gasteiger partial charge in [-0.15, -0.1) is 0 Å². The largest absolute Gasteiger partial charge is 0.373 e. The molecule has 1 aromatic carbocycles. The first-order valence-corrected chi connectivity index (χ1v) is 7.07. The van der Waals surface area contributed by atoms with Crippen LogP contribution >= 0.6 is 0 Å². The third-order valence-corrected chi connectivity index (χ3v) is 3.43. The number of benzene rings is 1. The molecule has 3 nitrogen and oxygen atoms in total. The molecule has 1 N–H and O–H groups in total. The van der Waals surface area contributed by atoms with E-state index in [4.69, 9.17) is 0 Å². The quantitative estimate of drug-likeness (QED) is 0.897. The van der Waals surface area contributed by atoms with Crippen molar-refractivity contribution in [2.75, 3.05) is 12.4 Å². The number of aryl methyl sites for hydroxylation is 1. The van der Waals surface area contributed by atoms with E-state index in [2.05, 4.69) is 15.3 Å². The van der Waals surface area contributed by atoms with Crippen LogP contribution in [0.15, 0.2) is 18.2 Å². The summed E-state index contributed by atoms with van der Waals surface area (Å²) in [4.78, 5) is 9.19. The standard InChI is InChI=1S/C17H22FN3/c1-10-7-8-13(18)12(9-10)14-11(2)15(19-6)21-16(20-14)17(3,4)5/h7-9H,1-6H3,(H,19,20,21). The highest BCUT2D eigenvalue weighted by atomic mass is 19.1. The monoisotopic (exact) mass is 287 g/mol. The highest BCUT2D eigenvalue weighted by Gasteiger charge is 2.22. The lowest BCUT2D eigenvalue weighted by atomic mass is 9.94. The van der Waals surface area contributed by atoms with Crippen LogP contribution in [0.5, 0.6) is 0 Å². The van der Waals surface area contributed by atoms with Gasteiger partial charge in [0.1, 0.15) is 17.5 Å². The molecule has 0 aliphatic carbocycles. The molecule has 0 atom stereocenters. The van der Waals surface area contributed by atoms with E-state index in [1.54, 1.807) is 6.07 Å². The van der Waals surface area contributed by atoms with Crippen LogP contribution in [0.3, 0.4) is 0 Å². The first-order chi connectivity index (χ1) is 9.74. The van der Waals surface area contributed by atoms with Gasteiger partial charge < -0.3 is 5.32 Å². The minimum atomic E-state index is -0.260. The average Bonchev–Trinajstić information content (AvgIpc) is 2.40. The third-order valence-electron chi connectivity index (χ3n) is 3.43. The summed E-state index contributed by atoms with van der Waals surface area (Å²) in [7, 11) is 1.82. The van der Waals surface area contributed by atoms with Crippen LogP contribution in [0.25, 0.3) is 11.3 Å². The molecule has 0 saturated carbocycles. The summed E-state index contributed by atoms with van der Waals surface area (Å²) in [6, 6.07) is 5.08. The number of hydrogen-bond acceptors (Lipinski definition) is 3. The van der Waals surface area contributed by atoms with Crippen molar-refractivity contribution < 1.29 is 4.39 Å². The molecule has 0 aliphatic heterocycles. The Balaban J connectivity index is 2.75. The highest BCUT2D eigenvalue weighted by molar-refractivity contribution is 5.69. The van der Waals surface area contributed by atoms with Gasteiger partial charge in [0.25, 0.3) is 0 Å². The Labute approximate surface area is 125 Å². The van der Waals surface area contributed by atoms with E-state index in [-0.39, 0.29) is 11.2 Å². The van der Waals surface area contributed by atoms with Gasteiger partial charge in [-0.05, 0) is 26.0 Å². The Bertz CT molecular complexity index is 672. The second kappa shape index (κ2) is 5.43. The van der Waals surface area contributed by atoms with Crippen LogP contribution in [0.1, 0.15) is 37.7 Å². The zero-order valence-corrected chi connectivity index (χ0v) is 13.5. The molecular weight excluding hydrogens is 265 g/mol. The molecule has 2 aromatic rings. The van der Waals surface area contributed by atoms with E-state index >= 15 is 0 Å². The zero-order chi connectivity index (χ0) is 15.8. The van der Waals surface area contributed by atoms with Gasteiger partial charge in [-0.25, -0.2) is 14.4 Å². The fourth-order valence-corrected chi connectivity index (χ4v) is 2.18. The number of hydrogen-bond donors (Lipinski definition) is 1. The fourth-order valence-electron chi connectivity index (χ4n) is 2.18. The minimum absolute atomic E-state index is 0.200. The van der Waals surface area contributed by atoms with E-state index < -0.39 is 0 Å². The average molecular weight is 287 g/mol. The molecule has 0 bridgehead atoms. The normalized spacial score (nSPS) is 11.6. The van der Waals surface area contributed by atoms with Crippen molar-refractivity contribution >= 4 is 5.82 Å². The predicted octanol–water partition coefficient (Wildman–Crippen LogP) is 4.24. The van der Waals surface area contributed by atoms with Crippen molar-refractivity contribution in [2.24, 2.45) is 0 Å². The molecule has 2 rings (SSSR count). The molecule has 0 unspecified atom stereocenters. The maximum atomic E-state index is 14.2. The summed E-state index contributed by atoms with van der Waals surface area (Å²) in [6.45, 7) is 10.0. The lowest BCUT2D eigenvalue weighted by Crippen LogP contribution is -2.18. The van der Waals surface area contributed by atoms with Gasteiger partial charge in [-0.2, -0.15) is 0 Å². The SMILES string of the molecule is CNc1nc(C(C)(C)C)nc(-c2cc(C)ccc2F)c1C. The molecule has 0 radical (unpaired) electrons. The van der Waals surface area contributed by atoms with Crippen molar-refractivity contribution in [3.63, 3.8) is 0 Å². The summed E-state index contributed by atoms with van der Waals surface area (Å²) in [6.07, 6.45) is 0. The van der Waals surface area contributed by atoms with Crippen LogP contribution in [-0.2, 0) is 5.41 Å². The Morgan fingerprint density at radius 2 is 1.76 bits per heavy atom. The summed E-state index contributed by atoms with van der Waals surface area (Å²) >= 11 is 0. The first-order valence-electron chi connectivity index (χ1n) is 7.07. The second-order valence-electron chi connectivity index (χ2n) is 6.35. The van der Waals surface area contributed by atoms with E-state index in [9.17, 15) is 4.39 Å². The molecule has 4 heteroatoms. The highest BCUT2D eigenvalue weighted by Crippen LogP contribution is 2.31. The molecule has 0 saturated heterocycles. The maximum Gasteiger partial charge on any atom is 0.136 e. The van der Waals surface area contributed by atoms with Crippen molar-refractivity contribution in [1.29, 1.82) is 0 Å². The predicted molar refractivity (Wildman–Crippen MR) is 85.1 cm³/mol. The Hall–Kier alpha value is -1.97. The van der Waals surface area contributed by atoms with E-state index in [1.807, 2.05) is 47.7 Å². The number of aromatic nitrogens is 2. The van der Waals surface area contributed by atoms with Gasteiger partial charge in [0.15, 0.2) is 0 Å². The summed E-state index contributed by atoms with van der Waals surface area (Å²) in [5.41, 5.74) is 2.84. The van der Waals surface area contributed by atoms with Gasteiger partial charge in [-0.1, -0.05) is 32.4 Å². The van der Waals surface area contributed by atoms with E-state index in [0.717, 1.165) is 16.9 Å². The number of anilines is 1. The number of rotatable bonds is 2. The van der Waals surface area contributed by atoms with Crippen molar-refractivity contribution in [3.05, 3.63) is 41.0 Å². The van der Waals surface area contributed by atoms with Crippen LogP contribution in [0.4, 0.5) is 10.2 Å². The van der Waals surface area contributed by atoms with E-state index in [0.29, 0.717) is 17.1 Å². The van der Waals surface area contributed by atoms with Gasteiger partial charge in [-0.3, -0.25) is 0 Å². The number of nitrogens with zero attached hydrogens (tertiary/aromatic N) is 2. The zero-order valence-electron chi connectivity index (χ0n) is 13.5. The lowest BCUT2D eigenvalue weighted by Gasteiger charge is -2.20. The second-order valence-corrected chi connectivity index (χ2v) is 6.35. The Kier molecular flexibility index (Phi) is 3.99. The van der Waals surface area contributed by atoms with Crippen molar-refractivity contribution in [2.45, 2.75) is 40.0 Å². The Morgan fingerprint density at radius 1 is 1.10 bits per heavy atom. The summed E-state index contributed by atoms with van der Waals surface area (Å²) in [5.74, 6) is 1.18. The van der Waals surface area contributed by atoms with E-state index in [1.165, 1.54) is 6.07 Å². The fraction of sp³-hybridized carbons (Fsp3) is 0.412. The van der Waals surface area contributed by atoms with Crippen LogP contribution in [0.2, 0.25) is 0 Å². The summed E-state index contributed by atoms with van der Waals surface area (Å²) in [5, 5.41) is 3.08. The molecule has 0 fully saturated rings. The topological polar surface area (TPSA) is 37.8 Å². The molecule has 1 aromatic heterocycles. The Morgan fingerprint density at radius 3 is 2.33 bits per heavy atom. The van der Waals surface area contributed by atoms with Crippen LogP contribution in [-0.4, -0.2) is 17.0 Å². The lowest BCUT2D eigenvalue weighted by molar-refractivity contribution is 0.545. The molecule has 112 valence electrons. The first kappa shape index (κ1) is 15.4. The van der Waals surface area contributed by atoms with Crippen LogP contribution < -0.4 is 5.32 Å². The van der Waals surface area contributed by atoms with Gasteiger partial charge in [0.2, 0.25) is 0 Å². The number of nitrogens with one attached hydrogen (secondary N) is 1. The van der Waals surface area contributed by atoms with Gasteiger partial charge in [0, 0.05) is 23.6 Å². The smallest absolute Gasteiger partial charge is 0.136 e. The number of halogens is 1. The maximum absolute atomic E-state index is 14.2. The van der Waals surface area contributed by atoms with Gasteiger partial charge in [0.05, 0.1) is 5.69 Å². The summed E-state index contributed by atoms with van der Waals surface area (Å²) < 4.78 is 14.2. The van der Waals surface area contributed by atoms with Crippen LogP contribution in [0, 0.1) is 19.7 Å². The molecule has 0 amide bonds. The van der Waals surface area contributed by atoms with Crippen molar-refractivity contribution in [1.82, 2.24) is 9.97 Å². The molecule has 1 heterocycles. The molecule has 0 aliphatic rings. The molecular formula is C17H22FN3. The minimum Gasteiger partial charge on any atom is -0.373 e. The van der Waals surface area contributed by atoms with Gasteiger partial charge >= 0.3 is 0 Å². The third kappa shape index (κ3) is 3.04.